The molecule has 0 spiro atoms. The van der Waals surface area contributed by atoms with Crippen LogP contribution in [0.3, 0.4) is 0 Å². The van der Waals surface area contributed by atoms with Crippen LogP contribution in [0.15, 0.2) is 16.5 Å². The lowest BCUT2D eigenvalue weighted by Gasteiger charge is -2.05. The number of nitrogens with two attached hydrogens (primary N) is 1. The number of nitrogens with zero attached hydrogens (tertiary/aromatic N) is 1. The van der Waals surface area contributed by atoms with Crippen molar-refractivity contribution >= 4 is 34.3 Å². The average Bonchev–Trinajstić information content (AvgIpc) is 2.60. The Morgan fingerprint density at radius 1 is 1.41 bits per heavy atom. The normalized spacial score (nSPS) is 13.2. The summed E-state index contributed by atoms with van der Waals surface area (Å²) >= 11 is 11.9. The summed E-state index contributed by atoms with van der Waals surface area (Å²) in [6.07, 6.45) is 2.62. The third kappa shape index (κ3) is 2.92. The van der Waals surface area contributed by atoms with Crippen LogP contribution in [0.2, 0.25) is 10.0 Å². The summed E-state index contributed by atoms with van der Waals surface area (Å²) in [6.45, 7) is 2.10. The molecule has 1 aromatic carbocycles. The van der Waals surface area contributed by atoms with E-state index in [1.165, 1.54) is 0 Å². The van der Waals surface area contributed by atoms with Crippen molar-refractivity contribution in [2.24, 2.45) is 5.73 Å². The van der Waals surface area contributed by atoms with Gasteiger partial charge in [0.15, 0.2) is 11.5 Å². The summed E-state index contributed by atoms with van der Waals surface area (Å²) in [5, 5.41) is 1.04. The van der Waals surface area contributed by atoms with Crippen LogP contribution in [-0.2, 0) is 6.42 Å². The molecule has 1 atom stereocenters. The van der Waals surface area contributed by atoms with E-state index in [-0.39, 0.29) is 6.04 Å². The van der Waals surface area contributed by atoms with Crippen molar-refractivity contribution in [1.82, 2.24) is 4.98 Å². The first kappa shape index (κ1) is 12.7. The van der Waals surface area contributed by atoms with Crippen molar-refractivity contribution in [2.45, 2.75) is 32.2 Å². The molecule has 0 saturated heterocycles. The zero-order valence-electron chi connectivity index (χ0n) is 9.54. The van der Waals surface area contributed by atoms with Crippen LogP contribution in [0.4, 0.5) is 0 Å². The summed E-state index contributed by atoms with van der Waals surface area (Å²) in [6, 6.07) is 3.45. The molecular formula is C12H14Cl2N2O. The molecule has 2 N–H and O–H groups in total. The van der Waals surface area contributed by atoms with Crippen LogP contribution in [-0.4, -0.2) is 11.0 Å². The Kier molecular flexibility index (Phi) is 3.92. The molecular weight excluding hydrogens is 259 g/mol. The molecule has 2 rings (SSSR count). The van der Waals surface area contributed by atoms with Crippen LogP contribution in [0.5, 0.6) is 0 Å². The van der Waals surface area contributed by atoms with Gasteiger partial charge in [-0.15, -0.1) is 0 Å². The lowest BCUT2D eigenvalue weighted by atomic mass is 10.1. The van der Waals surface area contributed by atoms with Crippen molar-refractivity contribution < 1.29 is 4.42 Å². The van der Waals surface area contributed by atoms with Gasteiger partial charge in [0, 0.05) is 17.5 Å². The second-order valence-electron chi connectivity index (χ2n) is 4.10. The predicted octanol–water partition coefficient (Wildman–Crippen LogP) is 3.80. The first-order valence-corrected chi connectivity index (χ1v) is 6.35. The fourth-order valence-corrected chi connectivity index (χ4v) is 2.31. The molecule has 2 aromatic rings. The highest BCUT2D eigenvalue weighted by Crippen LogP contribution is 2.28. The van der Waals surface area contributed by atoms with E-state index in [1.54, 1.807) is 12.1 Å². The van der Waals surface area contributed by atoms with Crippen molar-refractivity contribution in [3.05, 3.63) is 28.1 Å². The Morgan fingerprint density at radius 2 is 2.18 bits per heavy atom. The van der Waals surface area contributed by atoms with Crippen molar-refractivity contribution in [3.63, 3.8) is 0 Å². The van der Waals surface area contributed by atoms with E-state index in [4.69, 9.17) is 33.4 Å². The van der Waals surface area contributed by atoms with Gasteiger partial charge in [-0.3, -0.25) is 0 Å². The maximum absolute atomic E-state index is 6.02. The van der Waals surface area contributed by atoms with Gasteiger partial charge < -0.3 is 10.2 Å². The monoisotopic (exact) mass is 272 g/mol. The van der Waals surface area contributed by atoms with E-state index >= 15 is 0 Å². The van der Waals surface area contributed by atoms with Crippen LogP contribution in [0.1, 0.15) is 25.7 Å². The van der Waals surface area contributed by atoms with E-state index in [9.17, 15) is 0 Å². The molecule has 1 unspecified atom stereocenters. The third-order valence-corrected chi connectivity index (χ3v) is 3.05. The first-order chi connectivity index (χ1) is 8.10. The van der Waals surface area contributed by atoms with Gasteiger partial charge in [0.1, 0.15) is 5.52 Å². The summed E-state index contributed by atoms with van der Waals surface area (Å²) in [7, 11) is 0. The minimum absolute atomic E-state index is 0.0716. The molecule has 0 amide bonds. The smallest absolute Gasteiger partial charge is 0.197 e. The Labute approximate surface area is 110 Å². The number of benzene rings is 1. The Morgan fingerprint density at radius 3 is 2.88 bits per heavy atom. The molecule has 92 valence electrons. The van der Waals surface area contributed by atoms with Gasteiger partial charge in [0.05, 0.1) is 5.02 Å². The quantitative estimate of drug-likeness (QED) is 0.921. The summed E-state index contributed by atoms with van der Waals surface area (Å²) in [4.78, 5) is 4.34. The standard InChI is InChI=1S/C12H14Cl2N2O/c1-2-3-8(15)6-11-16-10-5-7(13)4-9(14)12(10)17-11/h4-5,8H,2-3,6,15H2,1H3. The Balaban J connectivity index is 2.28. The minimum atomic E-state index is 0.0716. The molecule has 5 heteroatoms. The third-order valence-electron chi connectivity index (χ3n) is 2.55. The van der Waals surface area contributed by atoms with Gasteiger partial charge in [-0.2, -0.15) is 0 Å². The highest BCUT2D eigenvalue weighted by Gasteiger charge is 2.13. The van der Waals surface area contributed by atoms with Gasteiger partial charge in [0.2, 0.25) is 0 Å². The molecule has 0 bridgehead atoms. The molecule has 1 heterocycles. The molecule has 0 aliphatic rings. The fourth-order valence-electron chi connectivity index (χ4n) is 1.79. The van der Waals surface area contributed by atoms with Crippen LogP contribution < -0.4 is 5.73 Å². The molecule has 1 aromatic heterocycles. The number of aromatic nitrogens is 1. The maximum atomic E-state index is 6.02. The van der Waals surface area contributed by atoms with Gasteiger partial charge in [-0.05, 0) is 18.6 Å². The van der Waals surface area contributed by atoms with Crippen molar-refractivity contribution in [1.29, 1.82) is 0 Å². The summed E-state index contributed by atoms with van der Waals surface area (Å²) in [5.41, 5.74) is 7.21. The van der Waals surface area contributed by atoms with Gasteiger partial charge >= 0.3 is 0 Å². The number of halogens is 2. The molecule has 0 fully saturated rings. The molecule has 0 saturated carbocycles. The minimum Gasteiger partial charge on any atom is -0.439 e. The van der Waals surface area contributed by atoms with E-state index in [1.807, 2.05) is 0 Å². The van der Waals surface area contributed by atoms with Gasteiger partial charge in [-0.25, -0.2) is 4.98 Å². The number of hydrogen-bond donors (Lipinski definition) is 1. The topological polar surface area (TPSA) is 52.0 Å². The lowest BCUT2D eigenvalue weighted by molar-refractivity contribution is 0.481. The van der Waals surface area contributed by atoms with E-state index in [0.29, 0.717) is 33.5 Å². The zero-order chi connectivity index (χ0) is 12.4. The molecule has 17 heavy (non-hydrogen) atoms. The Hall–Kier alpha value is -0.770. The largest absolute Gasteiger partial charge is 0.439 e. The van der Waals surface area contributed by atoms with Gasteiger partial charge in [0.25, 0.3) is 0 Å². The highest BCUT2D eigenvalue weighted by atomic mass is 35.5. The highest BCUT2D eigenvalue weighted by molar-refractivity contribution is 6.37. The second-order valence-corrected chi connectivity index (χ2v) is 4.94. The Bertz CT molecular complexity index is 524. The van der Waals surface area contributed by atoms with Crippen LogP contribution in [0, 0.1) is 0 Å². The van der Waals surface area contributed by atoms with Crippen LogP contribution >= 0.6 is 23.2 Å². The lowest BCUT2D eigenvalue weighted by Crippen LogP contribution is -2.22. The van der Waals surface area contributed by atoms with Crippen molar-refractivity contribution in [2.75, 3.05) is 0 Å². The fraction of sp³-hybridized carbons (Fsp3) is 0.417. The van der Waals surface area contributed by atoms with E-state index < -0.39 is 0 Å². The van der Waals surface area contributed by atoms with E-state index in [0.717, 1.165) is 12.8 Å². The number of hydrogen-bond acceptors (Lipinski definition) is 3. The van der Waals surface area contributed by atoms with E-state index in [2.05, 4.69) is 11.9 Å². The molecule has 0 aliphatic carbocycles. The average molecular weight is 273 g/mol. The summed E-state index contributed by atoms with van der Waals surface area (Å²) < 4.78 is 5.59. The van der Waals surface area contributed by atoms with Crippen LogP contribution in [0.25, 0.3) is 11.1 Å². The number of rotatable bonds is 4. The summed E-state index contributed by atoms with van der Waals surface area (Å²) in [5.74, 6) is 0.616. The second kappa shape index (κ2) is 5.25. The molecule has 0 aliphatic heterocycles. The maximum Gasteiger partial charge on any atom is 0.197 e. The van der Waals surface area contributed by atoms with Gasteiger partial charge in [-0.1, -0.05) is 36.5 Å². The number of fused-ring (bicyclic) bond motifs is 1. The first-order valence-electron chi connectivity index (χ1n) is 5.60. The SMILES string of the molecule is CCCC(N)Cc1nc2cc(Cl)cc(Cl)c2o1. The predicted molar refractivity (Wildman–Crippen MR) is 70.6 cm³/mol. The van der Waals surface area contributed by atoms with Crippen molar-refractivity contribution in [3.8, 4) is 0 Å². The zero-order valence-corrected chi connectivity index (χ0v) is 11.1. The molecule has 3 nitrogen and oxygen atoms in total. The molecule has 0 radical (unpaired) electrons. The number of oxazole rings is 1.